The largest absolute Gasteiger partial charge is 0.438 e. The lowest BCUT2D eigenvalue weighted by molar-refractivity contribution is 0.0617. The van der Waals surface area contributed by atoms with E-state index >= 15 is 0 Å². The van der Waals surface area contributed by atoms with Crippen molar-refractivity contribution in [3.63, 3.8) is 0 Å². The molecule has 1 atom stereocenters. The van der Waals surface area contributed by atoms with Gasteiger partial charge in [-0.1, -0.05) is 0 Å². The first-order valence-corrected chi connectivity index (χ1v) is 7.49. The fraction of sp³-hybridized carbons (Fsp3) is 0.545. The molecule has 1 aliphatic rings. The molecule has 0 aromatic carbocycles. The summed E-state index contributed by atoms with van der Waals surface area (Å²) in [6, 6.07) is 2.73. The molecule has 2 rings (SSSR count). The highest BCUT2D eigenvalue weighted by atomic mass is 32.2. The number of carbonyl (C=O) groups excluding carboxylic acids is 1. The molecule has 19 heavy (non-hydrogen) atoms. The molecule has 106 valence electrons. The van der Waals surface area contributed by atoms with Gasteiger partial charge < -0.3 is 14.6 Å². The number of nitrogens with zero attached hydrogens (tertiary/aromatic N) is 1. The smallest absolute Gasteiger partial charge is 0.289 e. The van der Waals surface area contributed by atoms with Crippen molar-refractivity contribution in [2.75, 3.05) is 26.7 Å². The number of amides is 1. The summed E-state index contributed by atoms with van der Waals surface area (Å²) in [4.78, 5) is 13.9. The maximum absolute atomic E-state index is 12.2. The first-order chi connectivity index (χ1) is 8.95. The number of rotatable bonds is 3. The number of piperazine rings is 1. The molecular formula is C11H17N3O4S. The number of nitrogens with one attached hydrogen (secondary N) is 2. The molecule has 0 saturated carbocycles. The third-order valence-electron chi connectivity index (χ3n) is 3.09. The third-order valence-corrected chi connectivity index (χ3v) is 4.37. The summed E-state index contributed by atoms with van der Waals surface area (Å²) in [5.74, 6) is -0.242. The Morgan fingerprint density at radius 2 is 2.26 bits per heavy atom. The summed E-state index contributed by atoms with van der Waals surface area (Å²) in [5, 5.41) is 2.93. The lowest BCUT2D eigenvalue weighted by Gasteiger charge is -2.33. The van der Waals surface area contributed by atoms with E-state index in [1.165, 1.54) is 19.2 Å². The zero-order chi connectivity index (χ0) is 14.0. The van der Waals surface area contributed by atoms with E-state index in [0.29, 0.717) is 13.1 Å². The Kier molecular flexibility index (Phi) is 3.93. The van der Waals surface area contributed by atoms with Crippen LogP contribution in [0.25, 0.3) is 0 Å². The van der Waals surface area contributed by atoms with Gasteiger partial charge in [-0.05, 0) is 26.1 Å². The quantitative estimate of drug-likeness (QED) is 0.791. The maximum atomic E-state index is 12.2. The van der Waals surface area contributed by atoms with Crippen molar-refractivity contribution < 1.29 is 17.6 Å². The molecule has 7 nitrogen and oxygen atoms in total. The van der Waals surface area contributed by atoms with Gasteiger partial charge in [0.25, 0.3) is 15.9 Å². The zero-order valence-corrected chi connectivity index (χ0v) is 11.7. The molecule has 8 heteroatoms. The summed E-state index contributed by atoms with van der Waals surface area (Å²) in [6.07, 6.45) is 0. The molecule has 1 aromatic rings. The van der Waals surface area contributed by atoms with E-state index in [1.807, 2.05) is 6.92 Å². The second kappa shape index (κ2) is 5.32. The Labute approximate surface area is 112 Å². The van der Waals surface area contributed by atoms with Crippen LogP contribution in [0.4, 0.5) is 0 Å². The Balaban J connectivity index is 2.21. The zero-order valence-electron chi connectivity index (χ0n) is 10.8. The third kappa shape index (κ3) is 2.80. The Morgan fingerprint density at radius 1 is 1.53 bits per heavy atom. The Morgan fingerprint density at radius 3 is 2.89 bits per heavy atom. The van der Waals surface area contributed by atoms with Crippen molar-refractivity contribution >= 4 is 15.9 Å². The number of furan rings is 1. The molecule has 0 spiro atoms. The van der Waals surface area contributed by atoms with Gasteiger partial charge in [-0.3, -0.25) is 4.79 Å². The fourth-order valence-corrected chi connectivity index (χ4v) is 2.61. The first-order valence-electron chi connectivity index (χ1n) is 6.01. The van der Waals surface area contributed by atoms with E-state index < -0.39 is 10.0 Å². The minimum Gasteiger partial charge on any atom is -0.438 e. The Hall–Kier alpha value is -1.38. The van der Waals surface area contributed by atoms with Gasteiger partial charge >= 0.3 is 0 Å². The lowest BCUT2D eigenvalue weighted by atomic mass is 10.2. The van der Waals surface area contributed by atoms with Crippen molar-refractivity contribution in [1.82, 2.24) is 14.9 Å². The highest BCUT2D eigenvalue weighted by Gasteiger charge is 2.27. The summed E-state index contributed by atoms with van der Waals surface area (Å²) in [6.45, 7) is 3.94. The maximum Gasteiger partial charge on any atom is 0.289 e. The normalized spacial score (nSPS) is 20.5. The van der Waals surface area contributed by atoms with Gasteiger partial charge in [0.15, 0.2) is 5.76 Å². The van der Waals surface area contributed by atoms with Crippen molar-refractivity contribution in [2.45, 2.75) is 18.1 Å². The van der Waals surface area contributed by atoms with E-state index in [0.717, 1.165) is 6.54 Å². The molecule has 0 radical (unpaired) electrons. The van der Waals surface area contributed by atoms with Gasteiger partial charge in [0.2, 0.25) is 5.09 Å². The van der Waals surface area contributed by atoms with Gasteiger partial charge in [-0.2, -0.15) is 0 Å². The molecule has 2 N–H and O–H groups in total. The predicted molar refractivity (Wildman–Crippen MR) is 68.3 cm³/mol. The molecule has 1 aliphatic heterocycles. The lowest BCUT2D eigenvalue weighted by Crippen LogP contribution is -2.52. The number of hydrogen-bond donors (Lipinski definition) is 2. The number of carbonyl (C=O) groups is 1. The first kappa shape index (κ1) is 14.0. The van der Waals surface area contributed by atoms with E-state index in [2.05, 4.69) is 10.0 Å². The van der Waals surface area contributed by atoms with Gasteiger partial charge in [0, 0.05) is 25.7 Å². The molecule has 0 unspecified atom stereocenters. The molecule has 2 heterocycles. The van der Waals surface area contributed by atoms with Crippen LogP contribution in [-0.4, -0.2) is 51.9 Å². The van der Waals surface area contributed by atoms with E-state index in [4.69, 9.17) is 4.42 Å². The van der Waals surface area contributed by atoms with Gasteiger partial charge in [-0.25, -0.2) is 13.1 Å². The second-order valence-electron chi connectivity index (χ2n) is 4.38. The van der Waals surface area contributed by atoms with Crippen molar-refractivity contribution in [2.24, 2.45) is 0 Å². The average molecular weight is 287 g/mol. The van der Waals surface area contributed by atoms with Crippen LogP contribution in [0.3, 0.4) is 0 Å². The van der Waals surface area contributed by atoms with Crippen molar-refractivity contribution in [3.8, 4) is 0 Å². The highest BCUT2D eigenvalue weighted by Crippen LogP contribution is 2.17. The highest BCUT2D eigenvalue weighted by molar-refractivity contribution is 7.89. The minimum atomic E-state index is -3.65. The van der Waals surface area contributed by atoms with E-state index in [-0.39, 0.29) is 22.8 Å². The standard InChI is InChI=1S/C11H17N3O4S/c1-8-7-13-5-6-14(8)11(15)9-3-4-10(18-9)19(16,17)12-2/h3-4,8,12-13H,5-7H2,1-2H3/t8-/m1/s1. The minimum absolute atomic E-state index is 0.0441. The molecule has 1 saturated heterocycles. The van der Waals surface area contributed by atoms with Crippen molar-refractivity contribution in [1.29, 1.82) is 0 Å². The second-order valence-corrected chi connectivity index (χ2v) is 6.20. The topological polar surface area (TPSA) is 91.7 Å². The summed E-state index contributed by atoms with van der Waals surface area (Å²) in [5.41, 5.74) is 0. The summed E-state index contributed by atoms with van der Waals surface area (Å²) in [7, 11) is -2.37. The molecule has 0 bridgehead atoms. The summed E-state index contributed by atoms with van der Waals surface area (Å²) < 4.78 is 30.4. The van der Waals surface area contributed by atoms with Gasteiger partial charge in [-0.15, -0.1) is 0 Å². The van der Waals surface area contributed by atoms with Crippen LogP contribution in [0.15, 0.2) is 21.6 Å². The van der Waals surface area contributed by atoms with Gasteiger partial charge in [0.1, 0.15) is 0 Å². The van der Waals surface area contributed by atoms with E-state index in [1.54, 1.807) is 4.90 Å². The van der Waals surface area contributed by atoms with Gasteiger partial charge in [0.05, 0.1) is 0 Å². The van der Waals surface area contributed by atoms with Crippen LogP contribution in [0.5, 0.6) is 0 Å². The molecule has 0 aliphatic carbocycles. The Bertz CT molecular complexity index is 566. The number of hydrogen-bond acceptors (Lipinski definition) is 5. The van der Waals surface area contributed by atoms with Crippen LogP contribution >= 0.6 is 0 Å². The molecular weight excluding hydrogens is 270 g/mol. The number of sulfonamides is 1. The SMILES string of the molecule is CNS(=O)(=O)c1ccc(C(=O)N2CCNC[C@H]2C)o1. The summed E-state index contributed by atoms with van der Waals surface area (Å²) >= 11 is 0. The van der Waals surface area contributed by atoms with Crippen LogP contribution in [0, 0.1) is 0 Å². The monoisotopic (exact) mass is 287 g/mol. The van der Waals surface area contributed by atoms with E-state index in [9.17, 15) is 13.2 Å². The fourth-order valence-electron chi connectivity index (χ4n) is 1.96. The van der Waals surface area contributed by atoms with Crippen molar-refractivity contribution in [3.05, 3.63) is 17.9 Å². The van der Waals surface area contributed by atoms with Crippen LogP contribution in [0.2, 0.25) is 0 Å². The average Bonchev–Trinajstić information content (AvgIpc) is 2.89. The van der Waals surface area contributed by atoms with Crippen LogP contribution in [-0.2, 0) is 10.0 Å². The molecule has 1 aromatic heterocycles. The molecule has 1 fully saturated rings. The van der Waals surface area contributed by atoms with Crippen LogP contribution in [0.1, 0.15) is 17.5 Å². The molecule has 1 amide bonds. The predicted octanol–water partition coefficient (Wildman–Crippen LogP) is -0.378. The van der Waals surface area contributed by atoms with Crippen LogP contribution < -0.4 is 10.0 Å².